The summed E-state index contributed by atoms with van der Waals surface area (Å²) in [6.45, 7) is 0.366. The predicted octanol–water partition coefficient (Wildman–Crippen LogP) is 0.727. The first-order valence-corrected chi connectivity index (χ1v) is 7.36. The molecule has 0 spiro atoms. The summed E-state index contributed by atoms with van der Waals surface area (Å²) < 4.78 is 44.4. The summed E-state index contributed by atoms with van der Waals surface area (Å²) in [6.07, 6.45) is 0.643. The zero-order valence-corrected chi connectivity index (χ0v) is 11.4. The summed E-state index contributed by atoms with van der Waals surface area (Å²) >= 11 is 0. The molecule has 1 fully saturated rings. The van der Waals surface area contributed by atoms with Crippen LogP contribution in [0.2, 0.25) is 0 Å². The highest BCUT2D eigenvalue weighted by atomic mass is 32.2. The summed E-state index contributed by atoms with van der Waals surface area (Å²) in [6, 6.07) is 3.22. The minimum atomic E-state index is -3.70. The van der Waals surface area contributed by atoms with E-state index in [1.165, 1.54) is 17.4 Å². The molecule has 0 bridgehead atoms. The molecule has 1 saturated heterocycles. The van der Waals surface area contributed by atoms with Crippen LogP contribution in [0.5, 0.6) is 0 Å². The number of aliphatic hydroxyl groups is 1. The first-order valence-electron chi connectivity index (χ1n) is 5.92. The normalized spacial score (nSPS) is 20.1. The second-order valence-electron chi connectivity index (χ2n) is 4.45. The molecule has 5 nitrogen and oxygen atoms in total. The van der Waals surface area contributed by atoms with E-state index in [0.717, 1.165) is 12.1 Å². The summed E-state index contributed by atoms with van der Waals surface area (Å²) in [5.74, 6) is -0.617. The lowest BCUT2D eigenvalue weighted by molar-refractivity contribution is 0.181. The molecule has 2 rings (SSSR count). The van der Waals surface area contributed by atoms with Crippen LogP contribution in [-0.4, -0.2) is 44.1 Å². The van der Waals surface area contributed by atoms with Crippen molar-refractivity contribution >= 4 is 10.0 Å². The quantitative estimate of drug-likeness (QED) is 0.887. The Morgan fingerprint density at radius 3 is 2.84 bits per heavy atom. The van der Waals surface area contributed by atoms with Gasteiger partial charge in [0.2, 0.25) is 10.0 Å². The number of ether oxygens (including phenoxy) is 1. The Balaban J connectivity index is 2.33. The topological polar surface area (TPSA) is 66.8 Å². The molecule has 106 valence electrons. The molecule has 1 atom stereocenters. The molecular formula is C12H16FNO4S. The average Bonchev–Trinajstić information content (AvgIpc) is 2.91. The Kier molecular flexibility index (Phi) is 4.19. The smallest absolute Gasteiger partial charge is 0.243 e. The van der Waals surface area contributed by atoms with Gasteiger partial charge in [-0.1, -0.05) is 0 Å². The number of nitrogens with zero attached hydrogens (tertiary/aromatic N) is 1. The van der Waals surface area contributed by atoms with E-state index >= 15 is 0 Å². The van der Waals surface area contributed by atoms with Crippen molar-refractivity contribution < 1.29 is 22.7 Å². The monoisotopic (exact) mass is 289 g/mol. The van der Waals surface area contributed by atoms with Gasteiger partial charge in [-0.3, -0.25) is 0 Å². The van der Waals surface area contributed by atoms with Gasteiger partial charge in [-0.2, -0.15) is 4.31 Å². The van der Waals surface area contributed by atoms with Crippen LogP contribution in [-0.2, 0) is 21.4 Å². The Morgan fingerprint density at radius 2 is 2.26 bits per heavy atom. The van der Waals surface area contributed by atoms with Gasteiger partial charge < -0.3 is 9.84 Å². The lowest BCUT2D eigenvalue weighted by Crippen LogP contribution is -2.37. The Hall–Kier alpha value is -1.02. The van der Waals surface area contributed by atoms with E-state index in [1.807, 2.05) is 0 Å². The lowest BCUT2D eigenvalue weighted by atomic mass is 10.2. The van der Waals surface area contributed by atoms with Crippen LogP contribution in [0, 0.1) is 5.82 Å². The summed E-state index contributed by atoms with van der Waals surface area (Å²) in [5.41, 5.74) is -0.0304. The minimum Gasteiger partial charge on any atom is -0.392 e. The SMILES string of the molecule is CN(C1CCOC1)S(=O)(=O)c1ccc(F)c(CO)c1. The van der Waals surface area contributed by atoms with E-state index in [0.29, 0.717) is 19.6 Å². The van der Waals surface area contributed by atoms with Crippen molar-refractivity contribution in [3.8, 4) is 0 Å². The number of likely N-dealkylation sites (N-methyl/N-ethyl adjacent to an activating group) is 1. The molecule has 1 aliphatic rings. The molecule has 0 saturated carbocycles. The van der Waals surface area contributed by atoms with E-state index in [9.17, 15) is 12.8 Å². The highest BCUT2D eigenvalue weighted by Gasteiger charge is 2.30. The standard InChI is InChI=1S/C12H16FNO4S/c1-14(10-4-5-18-8-10)19(16,17)11-2-3-12(13)9(6-11)7-15/h2-3,6,10,15H,4-5,7-8H2,1H3. The van der Waals surface area contributed by atoms with E-state index in [4.69, 9.17) is 9.84 Å². The third kappa shape index (κ3) is 2.79. The second-order valence-corrected chi connectivity index (χ2v) is 6.45. The van der Waals surface area contributed by atoms with Gasteiger partial charge in [-0.25, -0.2) is 12.8 Å². The van der Waals surface area contributed by atoms with Crippen LogP contribution < -0.4 is 0 Å². The fourth-order valence-electron chi connectivity index (χ4n) is 2.00. The maximum absolute atomic E-state index is 13.3. The van der Waals surface area contributed by atoms with E-state index in [1.54, 1.807) is 0 Å². The molecule has 0 radical (unpaired) electrons. The average molecular weight is 289 g/mol. The van der Waals surface area contributed by atoms with Gasteiger partial charge in [-0.05, 0) is 24.6 Å². The van der Waals surface area contributed by atoms with Crippen molar-refractivity contribution in [2.75, 3.05) is 20.3 Å². The fraction of sp³-hybridized carbons (Fsp3) is 0.500. The fourth-order valence-corrected chi connectivity index (χ4v) is 3.43. The minimum absolute atomic E-state index is 0.0210. The van der Waals surface area contributed by atoms with Gasteiger partial charge in [0.1, 0.15) is 5.82 Å². The number of hydrogen-bond acceptors (Lipinski definition) is 4. The largest absolute Gasteiger partial charge is 0.392 e. The second kappa shape index (κ2) is 5.54. The van der Waals surface area contributed by atoms with Gasteiger partial charge >= 0.3 is 0 Å². The maximum atomic E-state index is 13.3. The molecule has 1 aliphatic heterocycles. The first-order chi connectivity index (χ1) is 8.96. The van der Waals surface area contributed by atoms with Crippen molar-refractivity contribution in [1.82, 2.24) is 4.31 Å². The van der Waals surface area contributed by atoms with Gasteiger partial charge in [-0.15, -0.1) is 0 Å². The highest BCUT2D eigenvalue weighted by Crippen LogP contribution is 2.22. The van der Waals surface area contributed by atoms with Crippen LogP contribution in [0.15, 0.2) is 23.1 Å². The van der Waals surface area contributed by atoms with Crippen LogP contribution in [0.25, 0.3) is 0 Å². The molecule has 1 aromatic rings. The molecule has 1 unspecified atom stereocenters. The van der Waals surface area contributed by atoms with Crippen LogP contribution in [0.1, 0.15) is 12.0 Å². The van der Waals surface area contributed by atoms with Crippen molar-refractivity contribution in [3.63, 3.8) is 0 Å². The summed E-state index contributed by atoms with van der Waals surface area (Å²) in [7, 11) is -2.21. The third-order valence-corrected chi connectivity index (χ3v) is 5.19. The van der Waals surface area contributed by atoms with Crippen molar-refractivity contribution in [2.45, 2.75) is 24.0 Å². The molecule has 0 aliphatic carbocycles. The molecule has 1 N–H and O–H groups in total. The highest BCUT2D eigenvalue weighted by molar-refractivity contribution is 7.89. The lowest BCUT2D eigenvalue weighted by Gasteiger charge is -2.22. The number of aliphatic hydroxyl groups excluding tert-OH is 1. The molecule has 1 heterocycles. The number of halogens is 1. The Bertz CT molecular complexity index is 555. The van der Waals surface area contributed by atoms with Crippen molar-refractivity contribution in [1.29, 1.82) is 0 Å². The number of hydrogen-bond donors (Lipinski definition) is 1. The van der Waals surface area contributed by atoms with Gasteiger partial charge in [0.05, 0.1) is 24.2 Å². The molecular weight excluding hydrogens is 273 g/mol. The number of sulfonamides is 1. The molecule has 0 amide bonds. The van der Waals surface area contributed by atoms with E-state index in [-0.39, 0.29) is 16.5 Å². The van der Waals surface area contributed by atoms with E-state index < -0.39 is 22.4 Å². The van der Waals surface area contributed by atoms with E-state index in [2.05, 4.69) is 0 Å². The third-order valence-electron chi connectivity index (χ3n) is 3.28. The molecule has 1 aromatic carbocycles. The van der Waals surface area contributed by atoms with Crippen LogP contribution in [0.3, 0.4) is 0 Å². The zero-order chi connectivity index (χ0) is 14.0. The van der Waals surface area contributed by atoms with Crippen molar-refractivity contribution in [3.05, 3.63) is 29.6 Å². The zero-order valence-electron chi connectivity index (χ0n) is 10.5. The van der Waals surface area contributed by atoms with Crippen molar-refractivity contribution in [2.24, 2.45) is 0 Å². The molecule has 7 heteroatoms. The van der Waals surface area contributed by atoms with Gasteiger partial charge in [0.25, 0.3) is 0 Å². The summed E-state index contributed by atoms with van der Waals surface area (Å²) in [5, 5.41) is 8.99. The van der Waals surface area contributed by atoms with Crippen LogP contribution >= 0.6 is 0 Å². The van der Waals surface area contributed by atoms with Crippen LogP contribution in [0.4, 0.5) is 4.39 Å². The number of benzene rings is 1. The molecule has 0 aromatic heterocycles. The Morgan fingerprint density at radius 1 is 1.53 bits per heavy atom. The van der Waals surface area contributed by atoms with Gasteiger partial charge in [0, 0.05) is 19.2 Å². The summed E-state index contributed by atoms with van der Waals surface area (Å²) in [4.78, 5) is -0.0210. The molecule has 19 heavy (non-hydrogen) atoms. The first kappa shape index (κ1) is 14.4. The Labute approximate surface area is 111 Å². The predicted molar refractivity (Wildman–Crippen MR) is 66.5 cm³/mol. The number of rotatable bonds is 4. The van der Waals surface area contributed by atoms with Gasteiger partial charge in [0.15, 0.2) is 0 Å². The maximum Gasteiger partial charge on any atom is 0.243 e.